The van der Waals surface area contributed by atoms with Crippen LogP contribution in [0.25, 0.3) is 15.2 Å². The number of aromatic nitrogens is 3. The lowest BCUT2D eigenvalue weighted by atomic mass is 10.2. The molecule has 1 fully saturated rings. The van der Waals surface area contributed by atoms with E-state index in [1.54, 1.807) is 24.3 Å². The Morgan fingerprint density at radius 1 is 1.10 bits per heavy atom. The highest BCUT2D eigenvalue weighted by Crippen LogP contribution is 2.27. The number of ether oxygens (including phenoxy) is 1. The lowest BCUT2D eigenvalue weighted by molar-refractivity contribution is 0.0744. The maximum Gasteiger partial charge on any atom is 0.271 e. The lowest BCUT2D eigenvalue weighted by Gasteiger charge is -2.35. The molecule has 1 aliphatic heterocycles. The minimum atomic E-state index is -0.339. The Balaban J connectivity index is 1.43. The number of thiazole rings is 1. The predicted molar refractivity (Wildman–Crippen MR) is 116 cm³/mol. The fourth-order valence-electron chi connectivity index (χ4n) is 3.71. The van der Waals surface area contributed by atoms with E-state index < -0.39 is 0 Å². The largest absolute Gasteiger partial charge is 0.497 e. The summed E-state index contributed by atoms with van der Waals surface area (Å²) in [4.78, 5) is 39.4. The fraction of sp³-hybridized carbons (Fsp3) is 0.238. The SMILES string of the molecule is COc1ccc2c(c1)sc1ncc(C(=O)N3CCN(c4ccccn4)CC3)c(=O)n12. The Morgan fingerprint density at radius 3 is 2.67 bits per heavy atom. The summed E-state index contributed by atoms with van der Waals surface area (Å²) in [6.45, 7) is 2.39. The van der Waals surface area contributed by atoms with Crippen molar-refractivity contribution in [1.82, 2.24) is 19.3 Å². The molecule has 8 nitrogen and oxygen atoms in total. The Bertz CT molecular complexity index is 1290. The van der Waals surface area contributed by atoms with E-state index in [0.29, 0.717) is 36.9 Å². The first-order valence-electron chi connectivity index (χ1n) is 9.59. The molecule has 0 spiro atoms. The van der Waals surface area contributed by atoms with Gasteiger partial charge in [-0.05, 0) is 30.3 Å². The van der Waals surface area contributed by atoms with E-state index in [2.05, 4.69) is 14.9 Å². The summed E-state index contributed by atoms with van der Waals surface area (Å²) >= 11 is 1.39. The number of hydrogen-bond donors (Lipinski definition) is 0. The van der Waals surface area contributed by atoms with Gasteiger partial charge in [-0.2, -0.15) is 0 Å². The van der Waals surface area contributed by atoms with Gasteiger partial charge < -0.3 is 14.5 Å². The smallest absolute Gasteiger partial charge is 0.271 e. The van der Waals surface area contributed by atoms with Crippen LogP contribution in [0.5, 0.6) is 5.75 Å². The van der Waals surface area contributed by atoms with Gasteiger partial charge in [0.05, 0.1) is 17.3 Å². The van der Waals surface area contributed by atoms with Crippen molar-refractivity contribution in [3.63, 3.8) is 0 Å². The summed E-state index contributed by atoms with van der Waals surface area (Å²) < 4.78 is 7.65. The molecule has 0 saturated carbocycles. The van der Waals surface area contributed by atoms with Gasteiger partial charge in [0.1, 0.15) is 17.1 Å². The standard InChI is InChI=1S/C21H19N5O3S/c1-29-14-5-6-16-17(12-14)30-21-23-13-15(20(28)26(16)21)19(27)25-10-8-24(9-11-25)18-4-2-3-7-22-18/h2-7,12-13H,8-11H2,1H3. The van der Waals surface area contributed by atoms with E-state index in [1.165, 1.54) is 21.9 Å². The van der Waals surface area contributed by atoms with Crippen LogP contribution >= 0.6 is 11.3 Å². The van der Waals surface area contributed by atoms with Gasteiger partial charge in [-0.25, -0.2) is 9.97 Å². The summed E-state index contributed by atoms with van der Waals surface area (Å²) in [6, 6.07) is 11.3. The number of pyridine rings is 1. The maximum absolute atomic E-state index is 13.2. The Morgan fingerprint density at radius 2 is 1.93 bits per heavy atom. The Kier molecular flexibility index (Phi) is 4.59. The van der Waals surface area contributed by atoms with Crippen LogP contribution in [-0.4, -0.2) is 58.5 Å². The van der Waals surface area contributed by atoms with E-state index >= 15 is 0 Å². The average molecular weight is 421 g/mol. The van der Waals surface area contributed by atoms with E-state index in [1.807, 2.05) is 30.3 Å². The zero-order chi connectivity index (χ0) is 20.7. The third-order valence-corrected chi connectivity index (χ3v) is 6.33. The molecule has 0 aliphatic carbocycles. The highest BCUT2D eigenvalue weighted by atomic mass is 32.1. The highest BCUT2D eigenvalue weighted by molar-refractivity contribution is 7.23. The summed E-state index contributed by atoms with van der Waals surface area (Å²) in [5.41, 5.74) is 0.478. The first-order valence-corrected chi connectivity index (χ1v) is 10.4. The second-order valence-electron chi connectivity index (χ2n) is 7.00. The second kappa shape index (κ2) is 7.42. The second-order valence-corrected chi connectivity index (χ2v) is 8.01. The van der Waals surface area contributed by atoms with E-state index in [-0.39, 0.29) is 17.0 Å². The quantitative estimate of drug-likeness (QED) is 0.505. The zero-order valence-electron chi connectivity index (χ0n) is 16.3. The minimum absolute atomic E-state index is 0.0919. The molecule has 0 N–H and O–H groups in total. The monoisotopic (exact) mass is 421 g/mol. The Labute approximate surface area is 176 Å². The van der Waals surface area contributed by atoms with Gasteiger partial charge in [0.25, 0.3) is 11.5 Å². The van der Waals surface area contributed by atoms with Gasteiger partial charge in [0.2, 0.25) is 0 Å². The number of rotatable bonds is 3. The van der Waals surface area contributed by atoms with Crippen LogP contribution in [0.15, 0.2) is 53.6 Å². The van der Waals surface area contributed by atoms with Crippen molar-refractivity contribution < 1.29 is 9.53 Å². The van der Waals surface area contributed by atoms with Crippen LogP contribution in [0.2, 0.25) is 0 Å². The van der Waals surface area contributed by atoms with Crippen molar-refractivity contribution in [2.75, 3.05) is 38.2 Å². The van der Waals surface area contributed by atoms with Crippen molar-refractivity contribution in [1.29, 1.82) is 0 Å². The molecule has 152 valence electrons. The third kappa shape index (κ3) is 3.07. The maximum atomic E-state index is 13.2. The normalized spacial score (nSPS) is 14.4. The van der Waals surface area contributed by atoms with Crippen LogP contribution in [-0.2, 0) is 0 Å². The number of piperazine rings is 1. The van der Waals surface area contributed by atoms with E-state index in [0.717, 1.165) is 16.0 Å². The number of hydrogen-bond acceptors (Lipinski definition) is 7. The summed E-state index contributed by atoms with van der Waals surface area (Å²) in [7, 11) is 1.60. The van der Waals surface area contributed by atoms with Crippen molar-refractivity contribution in [2.24, 2.45) is 0 Å². The van der Waals surface area contributed by atoms with Crippen LogP contribution in [0.3, 0.4) is 0 Å². The number of carbonyl (C=O) groups is 1. The molecule has 9 heteroatoms. The van der Waals surface area contributed by atoms with Gasteiger partial charge in [-0.15, -0.1) is 0 Å². The number of anilines is 1. The highest BCUT2D eigenvalue weighted by Gasteiger charge is 2.26. The van der Waals surface area contributed by atoms with Crippen LogP contribution < -0.4 is 15.2 Å². The lowest BCUT2D eigenvalue weighted by Crippen LogP contribution is -2.50. The summed E-state index contributed by atoms with van der Waals surface area (Å²) in [5.74, 6) is 1.33. The summed E-state index contributed by atoms with van der Waals surface area (Å²) in [6.07, 6.45) is 3.16. The van der Waals surface area contributed by atoms with Crippen molar-refractivity contribution in [3.05, 3.63) is 64.7 Å². The van der Waals surface area contributed by atoms with Gasteiger partial charge in [0, 0.05) is 38.6 Å². The first-order chi connectivity index (χ1) is 14.7. The molecule has 0 radical (unpaired) electrons. The van der Waals surface area contributed by atoms with Crippen LogP contribution in [0.1, 0.15) is 10.4 Å². The van der Waals surface area contributed by atoms with Gasteiger partial charge in [-0.3, -0.25) is 14.0 Å². The van der Waals surface area contributed by atoms with E-state index in [4.69, 9.17) is 4.74 Å². The van der Waals surface area contributed by atoms with Gasteiger partial charge in [-0.1, -0.05) is 17.4 Å². The number of fused-ring (bicyclic) bond motifs is 3. The number of carbonyl (C=O) groups excluding carboxylic acids is 1. The number of amides is 1. The molecule has 30 heavy (non-hydrogen) atoms. The topological polar surface area (TPSA) is 80.0 Å². The molecular weight excluding hydrogens is 402 g/mol. The first kappa shape index (κ1) is 18.6. The van der Waals surface area contributed by atoms with Gasteiger partial charge >= 0.3 is 0 Å². The van der Waals surface area contributed by atoms with Crippen molar-refractivity contribution >= 4 is 38.2 Å². The van der Waals surface area contributed by atoms with Crippen molar-refractivity contribution in [3.8, 4) is 5.75 Å². The van der Waals surface area contributed by atoms with E-state index in [9.17, 15) is 9.59 Å². The van der Waals surface area contributed by atoms with Crippen LogP contribution in [0.4, 0.5) is 5.82 Å². The number of nitrogens with zero attached hydrogens (tertiary/aromatic N) is 5. The average Bonchev–Trinajstić information content (AvgIpc) is 3.18. The molecule has 3 aromatic heterocycles. The zero-order valence-corrected chi connectivity index (χ0v) is 17.1. The molecule has 4 aromatic rings. The molecule has 5 rings (SSSR count). The predicted octanol–water partition coefficient (Wildman–Crippen LogP) is 2.28. The fourth-order valence-corrected chi connectivity index (χ4v) is 4.72. The van der Waals surface area contributed by atoms with Crippen LogP contribution in [0, 0.1) is 0 Å². The molecule has 1 amide bonds. The number of methoxy groups -OCH3 is 1. The molecule has 4 heterocycles. The molecule has 1 aliphatic rings. The minimum Gasteiger partial charge on any atom is -0.497 e. The molecule has 1 aromatic carbocycles. The molecule has 0 bridgehead atoms. The molecule has 1 saturated heterocycles. The van der Waals surface area contributed by atoms with Gasteiger partial charge in [0.15, 0.2) is 4.96 Å². The Hall–Kier alpha value is -3.46. The number of benzene rings is 1. The summed E-state index contributed by atoms with van der Waals surface area (Å²) in [5, 5.41) is 0. The molecular formula is C21H19N5O3S. The molecule has 0 unspecified atom stereocenters. The van der Waals surface area contributed by atoms with Crippen molar-refractivity contribution in [2.45, 2.75) is 0 Å². The molecule has 0 atom stereocenters. The third-order valence-electron chi connectivity index (χ3n) is 5.31.